The number of imidazole rings is 1. The Morgan fingerprint density at radius 2 is 1.97 bits per heavy atom. The molecule has 0 aliphatic heterocycles. The number of carbonyl (C=O) groups excluding carboxylic acids is 1. The first-order valence-electron chi connectivity index (χ1n) is 10.2. The summed E-state index contributed by atoms with van der Waals surface area (Å²) in [5.41, 5.74) is 5.39. The average molecular weight is 403 g/mol. The van der Waals surface area contributed by atoms with Gasteiger partial charge in [0.15, 0.2) is 5.65 Å². The number of carbonyl (C=O) groups is 1. The fourth-order valence-corrected chi connectivity index (χ4v) is 3.50. The van der Waals surface area contributed by atoms with Gasteiger partial charge in [-0.05, 0) is 30.4 Å². The van der Waals surface area contributed by atoms with Crippen LogP contribution in [0.5, 0.6) is 0 Å². The topological polar surface area (TPSA) is 77.1 Å². The lowest BCUT2D eigenvalue weighted by Crippen LogP contribution is -2.26. The number of fused-ring (bicyclic) bond motifs is 1. The molecule has 0 atom stereocenters. The molecule has 1 amide bonds. The monoisotopic (exact) mass is 402 g/mol. The molecular formula is C23H26N6O. The van der Waals surface area contributed by atoms with Crippen molar-refractivity contribution in [1.82, 2.24) is 29.5 Å². The third-order valence-corrected chi connectivity index (χ3v) is 5.34. The molecule has 0 fully saturated rings. The number of nitrogens with zero attached hydrogens (tertiary/aromatic N) is 5. The Hall–Kier alpha value is -3.48. The lowest BCUT2D eigenvalue weighted by molar-refractivity contribution is 0.0951. The van der Waals surface area contributed by atoms with E-state index in [0.29, 0.717) is 18.0 Å². The molecule has 0 bridgehead atoms. The fraction of sp³-hybridized carbons (Fsp3) is 0.304. The Labute approximate surface area is 175 Å². The van der Waals surface area contributed by atoms with Gasteiger partial charge in [0.1, 0.15) is 0 Å². The Balaban J connectivity index is 1.49. The van der Waals surface area contributed by atoms with E-state index in [1.165, 1.54) is 5.56 Å². The van der Waals surface area contributed by atoms with Crippen molar-refractivity contribution in [1.29, 1.82) is 0 Å². The van der Waals surface area contributed by atoms with E-state index in [9.17, 15) is 4.79 Å². The van der Waals surface area contributed by atoms with E-state index in [1.54, 1.807) is 23.2 Å². The lowest BCUT2D eigenvalue weighted by atomic mass is 10.00. The predicted molar refractivity (Wildman–Crippen MR) is 116 cm³/mol. The quantitative estimate of drug-likeness (QED) is 0.477. The standard InChI is InChI=1S/C23H26N6O/c1-16(2)18-5-7-19(8-6-18)21-14-27-29-17(3)20(13-26-22(21)29)23(30)25-9-4-11-28-12-10-24-15-28/h5-8,10,12-16H,4,9,11H2,1-3H3,(H,25,30). The van der Waals surface area contributed by atoms with Crippen LogP contribution in [0.1, 0.15) is 47.8 Å². The first-order chi connectivity index (χ1) is 14.5. The molecular weight excluding hydrogens is 376 g/mol. The van der Waals surface area contributed by atoms with Crippen LogP contribution < -0.4 is 5.32 Å². The first kappa shape index (κ1) is 19.8. The number of aryl methyl sites for hydroxylation is 2. The summed E-state index contributed by atoms with van der Waals surface area (Å²) in [5.74, 6) is 0.357. The number of nitrogens with one attached hydrogen (secondary N) is 1. The molecule has 0 radical (unpaired) electrons. The molecule has 3 aromatic heterocycles. The third kappa shape index (κ3) is 3.96. The van der Waals surface area contributed by atoms with Gasteiger partial charge in [-0.1, -0.05) is 38.1 Å². The van der Waals surface area contributed by atoms with Gasteiger partial charge < -0.3 is 9.88 Å². The zero-order valence-electron chi connectivity index (χ0n) is 17.5. The minimum atomic E-state index is -0.133. The van der Waals surface area contributed by atoms with Gasteiger partial charge in [-0.15, -0.1) is 0 Å². The van der Waals surface area contributed by atoms with Crippen molar-refractivity contribution in [2.24, 2.45) is 0 Å². The summed E-state index contributed by atoms with van der Waals surface area (Å²) >= 11 is 0. The number of rotatable bonds is 7. The number of aromatic nitrogens is 5. The maximum atomic E-state index is 12.6. The molecule has 0 spiro atoms. The minimum absolute atomic E-state index is 0.133. The van der Waals surface area contributed by atoms with Crippen LogP contribution in [-0.2, 0) is 6.54 Å². The molecule has 3 heterocycles. The first-order valence-corrected chi connectivity index (χ1v) is 10.2. The summed E-state index contributed by atoms with van der Waals surface area (Å²) in [6.45, 7) is 7.66. The summed E-state index contributed by atoms with van der Waals surface area (Å²) < 4.78 is 3.73. The Morgan fingerprint density at radius 3 is 2.67 bits per heavy atom. The molecule has 0 saturated carbocycles. The van der Waals surface area contributed by atoms with E-state index in [-0.39, 0.29) is 5.91 Å². The second-order valence-corrected chi connectivity index (χ2v) is 7.74. The molecule has 0 aliphatic carbocycles. The SMILES string of the molecule is Cc1c(C(=O)NCCCn2ccnc2)cnc2c(-c3ccc(C(C)C)cc3)cnn12. The summed E-state index contributed by atoms with van der Waals surface area (Å²) in [6, 6.07) is 8.48. The molecule has 7 heteroatoms. The van der Waals surface area contributed by atoms with Crippen LogP contribution >= 0.6 is 0 Å². The normalized spacial score (nSPS) is 11.3. The van der Waals surface area contributed by atoms with Crippen molar-refractivity contribution in [3.63, 3.8) is 0 Å². The van der Waals surface area contributed by atoms with Crippen LogP contribution in [-0.4, -0.2) is 36.6 Å². The van der Waals surface area contributed by atoms with Crippen molar-refractivity contribution >= 4 is 11.6 Å². The van der Waals surface area contributed by atoms with Crippen molar-refractivity contribution in [2.75, 3.05) is 6.54 Å². The number of benzene rings is 1. The molecule has 4 rings (SSSR count). The summed E-state index contributed by atoms with van der Waals surface area (Å²) in [7, 11) is 0. The second kappa shape index (κ2) is 8.49. The van der Waals surface area contributed by atoms with Gasteiger partial charge in [0.25, 0.3) is 5.91 Å². The van der Waals surface area contributed by atoms with Crippen LogP contribution in [0.3, 0.4) is 0 Å². The van der Waals surface area contributed by atoms with Crippen LogP contribution in [0.15, 0.2) is 55.4 Å². The largest absolute Gasteiger partial charge is 0.352 e. The zero-order chi connectivity index (χ0) is 21.1. The third-order valence-electron chi connectivity index (χ3n) is 5.34. The highest BCUT2D eigenvalue weighted by Gasteiger charge is 2.16. The highest BCUT2D eigenvalue weighted by atomic mass is 16.1. The van der Waals surface area contributed by atoms with E-state index in [1.807, 2.05) is 23.9 Å². The van der Waals surface area contributed by atoms with Crippen LogP contribution in [0.4, 0.5) is 0 Å². The molecule has 0 aliphatic rings. The molecule has 154 valence electrons. The van der Waals surface area contributed by atoms with E-state index in [0.717, 1.165) is 35.4 Å². The Bertz CT molecular complexity index is 1140. The van der Waals surface area contributed by atoms with E-state index in [4.69, 9.17) is 0 Å². The van der Waals surface area contributed by atoms with Crippen molar-refractivity contribution in [3.8, 4) is 11.1 Å². The van der Waals surface area contributed by atoms with Crippen molar-refractivity contribution in [2.45, 2.75) is 39.7 Å². The predicted octanol–water partition coefficient (Wildman–Crippen LogP) is 3.84. The molecule has 0 saturated heterocycles. The maximum absolute atomic E-state index is 12.6. The Morgan fingerprint density at radius 1 is 1.17 bits per heavy atom. The average Bonchev–Trinajstić information content (AvgIpc) is 3.41. The van der Waals surface area contributed by atoms with E-state index < -0.39 is 0 Å². The van der Waals surface area contributed by atoms with Gasteiger partial charge in [-0.25, -0.2) is 14.5 Å². The molecule has 7 nitrogen and oxygen atoms in total. The molecule has 0 unspecified atom stereocenters. The van der Waals surface area contributed by atoms with Gasteiger partial charge in [0.2, 0.25) is 0 Å². The summed E-state index contributed by atoms with van der Waals surface area (Å²) in [5, 5.41) is 7.46. The number of hydrogen-bond acceptors (Lipinski definition) is 4. The van der Waals surface area contributed by atoms with Crippen molar-refractivity contribution in [3.05, 3.63) is 72.2 Å². The zero-order valence-corrected chi connectivity index (χ0v) is 17.5. The van der Waals surface area contributed by atoms with Crippen LogP contribution in [0.2, 0.25) is 0 Å². The number of hydrogen-bond donors (Lipinski definition) is 1. The summed E-state index contributed by atoms with van der Waals surface area (Å²) in [4.78, 5) is 21.2. The van der Waals surface area contributed by atoms with Gasteiger partial charge >= 0.3 is 0 Å². The van der Waals surface area contributed by atoms with Crippen molar-refractivity contribution < 1.29 is 4.79 Å². The minimum Gasteiger partial charge on any atom is -0.352 e. The van der Waals surface area contributed by atoms with E-state index >= 15 is 0 Å². The van der Waals surface area contributed by atoms with Crippen LogP contribution in [0.25, 0.3) is 16.8 Å². The molecule has 30 heavy (non-hydrogen) atoms. The van der Waals surface area contributed by atoms with Crippen LogP contribution in [0, 0.1) is 6.92 Å². The number of amides is 1. The Kier molecular flexibility index (Phi) is 5.61. The second-order valence-electron chi connectivity index (χ2n) is 7.74. The molecule has 1 N–H and O–H groups in total. The maximum Gasteiger partial charge on any atom is 0.254 e. The highest BCUT2D eigenvalue weighted by molar-refractivity contribution is 5.95. The van der Waals surface area contributed by atoms with Gasteiger partial charge in [0, 0.05) is 37.2 Å². The fourth-order valence-electron chi connectivity index (χ4n) is 3.50. The van der Waals surface area contributed by atoms with Gasteiger partial charge in [-0.2, -0.15) is 5.10 Å². The smallest absolute Gasteiger partial charge is 0.254 e. The van der Waals surface area contributed by atoms with Gasteiger partial charge in [-0.3, -0.25) is 4.79 Å². The highest BCUT2D eigenvalue weighted by Crippen LogP contribution is 2.26. The van der Waals surface area contributed by atoms with Gasteiger partial charge in [0.05, 0.1) is 23.8 Å². The summed E-state index contributed by atoms with van der Waals surface area (Å²) in [6.07, 6.45) is 9.72. The molecule has 4 aromatic rings. The molecule has 1 aromatic carbocycles. The van der Waals surface area contributed by atoms with E-state index in [2.05, 4.69) is 58.5 Å². The lowest BCUT2D eigenvalue weighted by Gasteiger charge is -2.09.